The minimum atomic E-state index is -5.08. The van der Waals surface area contributed by atoms with Gasteiger partial charge in [-0.2, -0.15) is 26.3 Å². The van der Waals surface area contributed by atoms with Gasteiger partial charge < -0.3 is 24.4 Å². The molecule has 4 rings (SSSR count). The fraction of sp³-hybridized carbons (Fsp3) is 0.682. The largest absolute Gasteiger partial charge is 0.492 e. The average Bonchev–Trinajstić information content (AvgIpc) is 3.22. The number of aromatic nitrogens is 1. The molecule has 0 aromatic carbocycles. The van der Waals surface area contributed by atoms with Crippen molar-refractivity contribution >= 4 is 11.9 Å². The quantitative estimate of drug-likeness (QED) is 0.537. The summed E-state index contributed by atoms with van der Waals surface area (Å²) >= 11 is 0. The molecule has 3 fully saturated rings. The van der Waals surface area contributed by atoms with Crippen LogP contribution in [0.5, 0.6) is 5.75 Å². The topological polar surface area (TPSA) is 118 Å². The molecule has 210 valence electrons. The number of halogens is 6. The molecule has 9 nitrogen and oxygen atoms in total. The molecule has 4 heterocycles. The smallest absolute Gasteiger partial charge is 0.490 e. The molecule has 1 spiro atoms. The summed E-state index contributed by atoms with van der Waals surface area (Å²) in [4.78, 5) is 24.4. The number of ether oxygens (including phenoxy) is 3. The molecule has 1 aromatic rings. The third-order valence-electron chi connectivity index (χ3n) is 6.01. The molecule has 3 aliphatic rings. The van der Waals surface area contributed by atoms with Gasteiger partial charge in [0.25, 0.3) is 0 Å². The molecule has 15 heteroatoms. The first-order valence-electron chi connectivity index (χ1n) is 11.3. The minimum Gasteiger partial charge on any atom is -0.492 e. The van der Waals surface area contributed by atoms with Crippen molar-refractivity contribution in [2.75, 3.05) is 46.1 Å². The van der Waals surface area contributed by atoms with Crippen molar-refractivity contribution in [2.24, 2.45) is 11.8 Å². The van der Waals surface area contributed by atoms with Crippen LogP contribution in [-0.2, 0) is 19.1 Å². The lowest BCUT2D eigenvalue weighted by atomic mass is 9.80. The Hall–Kier alpha value is -2.65. The molecule has 2 N–H and O–H groups in total. The van der Waals surface area contributed by atoms with Crippen molar-refractivity contribution in [2.45, 2.75) is 37.2 Å². The minimum absolute atomic E-state index is 0.0351. The van der Waals surface area contributed by atoms with Gasteiger partial charge in [-0.25, -0.2) is 9.59 Å². The standard InChI is InChI=1S/C18H26N2O3.2C2HF3O2/c1-2-17(10-19-6-1)22-12-16-5-9-23-18(16)13-20(14-18)11-15-3-7-21-8-4-15;2*3-2(4,5)1(6)7/h1-2,6,10,15-16H,3-5,7-9,11-14H2;2*(H,6,7). The SMILES string of the molecule is O=C(O)C(F)(F)F.O=C(O)C(F)(F)F.c1cncc(OCC2CCOC23CN(CC2CCOCC2)C3)c1. The molecule has 0 bridgehead atoms. The third-order valence-corrected chi connectivity index (χ3v) is 6.01. The Morgan fingerprint density at radius 2 is 1.59 bits per heavy atom. The Balaban J connectivity index is 0.000000286. The zero-order valence-corrected chi connectivity index (χ0v) is 19.6. The predicted molar refractivity (Wildman–Crippen MR) is 114 cm³/mol. The van der Waals surface area contributed by atoms with E-state index in [1.54, 1.807) is 12.4 Å². The second-order valence-corrected chi connectivity index (χ2v) is 8.73. The van der Waals surface area contributed by atoms with E-state index in [0.717, 1.165) is 57.6 Å². The Morgan fingerprint density at radius 3 is 2.08 bits per heavy atom. The number of nitrogens with zero attached hydrogens (tertiary/aromatic N) is 2. The van der Waals surface area contributed by atoms with Crippen molar-refractivity contribution < 1.29 is 60.4 Å². The van der Waals surface area contributed by atoms with E-state index in [4.69, 9.17) is 34.0 Å². The number of carbonyl (C=O) groups is 2. The first-order valence-corrected chi connectivity index (χ1v) is 11.3. The molecular formula is C22H28F6N2O7. The maximum atomic E-state index is 10.6. The van der Waals surface area contributed by atoms with Crippen molar-refractivity contribution in [3.8, 4) is 5.75 Å². The van der Waals surface area contributed by atoms with Crippen LogP contribution in [0.25, 0.3) is 0 Å². The molecule has 1 aromatic heterocycles. The molecule has 0 radical (unpaired) electrons. The summed E-state index contributed by atoms with van der Waals surface area (Å²) in [5.74, 6) is -3.37. The highest BCUT2D eigenvalue weighted by Crippen LogP contribution is 2.40. The highest BCUT2D eigenvalue weighted by molar-refractivity contribution is 5.73. The number of hydrogen-bond donors (Lipinski definition) is 2. The number of likely N-dealkylation sites (tertiary alicyclic amines) is 1. The van der Waals surface area contributed by atoms with Gasteiger partial charge >= 0.3 is 24.3 Å². The van der Waals surface area contributed by atoms with Gasteiger partial charge in [-0.05, 0) is 37.3 Å². The number of carboxylic acids is 2. The van der Waals surface area contributed by atoms with E-state index in [9.17, 15) is 26.3 Å². The van der Waals surface area contributed by atoms with Crippen LogP contribution in [0.2, 0.25) is 0 Å². The normalized spacial score (nSPS) is 21.6. The van der Waals surface area contributed by atoms with Crippen LogP contribution in [0.15, 0.2) is 24.5 Å². The first kappa shape index (κ1) is 30.6. The van der Waals surface area contributed by atoms with E-state index in [-0.39, 0.29) is 5.60 Å². The second-order valence-electron chi connectivity index (χ2n) is 8.73. The lowest BCUT2D eigenvalue weighted by molar-refractivity contribution is -0.193. The summed E-state index contributed by atoms with van der Waals surface area (Å²) in [7, 11) is 0. The summed E-state index contributed by atoms with van der Waals surface area (Å²) in [6.07, 6.45) is -3.10. The third kappa shape index (κ3) is 9.97. The van der Waals surface area contributed by atoms with Crippen LogP contribution >= 0.6 is 0 Å². The lowest BCUT2D eigenvalue weighted by Crippen LogP contribution is -2.66. The highest BCUT2D eigenvalue weighted by atomic mass is 19.4. The molecule has 0 amide bonds. The van der Waals surface area contributed by atoms with Crippen LogP contribution in [0.4, 0.5) is 26.3 Å². The zero-order valence-electron chi connectivity index (χ0n) is 19.6. The molecule has 1 unspecified atom stereocenters. The van der Waals surface area contributed by atoms with Crippen LogP contribution in [0, 0.1) is 11.8 Å². The van der Waals surface area contributed by atoms with Crippen LogP contribution in [0.1, 0.15) is 19.3 Å². The number of aliphatic carboxylic acids is 2. The Morgan fingerprint density at radius 1 is 1.03 bits per heavy atom. The van der Waals surface area contributed by atoms with Crippen molar-refractivity contribution in [3.05, 3.63) is 24.5 Å². The summed E-state index contributed by atoms with van der Waals surface area (Å²) in [5, 5.41) is 14.2. The van der Waals surface area contributed by atoms with E-state index in [0.29, 0.717) is 5.92 Å². The highest BCUT2D eigenvalue weighted by Gasteiger charge is 2.53. The van der Waals surface area contributed by atoms with Gasteiger partial charge in [0.05, 0.1) is 18.4 Å². The first-order chi connectivity index (χ1) is 17.2. The van der Waals surface area contributed by atoms with Crippen molar-refractivity contribution in [1.82, 2.24) is 9.88 Å². The Kier molecular flexibility index (Phi) is 10.9. The lowest BCUT2D eigenvalue weighted by Gasteiger charge is -2.51. The maximum absolute atomic E-state index is 10.6. The molecule has 3 saturated heterocycles. The molecule has 3 aliphatic heterocycles. The number of carboxylic acid groups (broad SMARTS) is 2. The average molecular weight is 546 g/mol. The van der Waals surface area contributed by atoms with Crippen LogP contribution < -0.4 is 4.74 Å². The van der Waals surface area contributed by atoms with Crippen LogP contribution in [0.3, 0.4) is 0 Å². The van der Waals surface area contributed by atoms with Crippen molar-refractivity contribution in [3.63, 3.8) is 0 Å². The van der Waals surface area contributed by atoms with Gasteiger partial charge in [-0.3, -0.25) is 9.88 Å². The number of pyridine rings is 1. The summed E-state index contributed by atoms with van der Waals surface area (Å²) in [5.41, 5.74) is 0.0351. The van der Waals surface area contributed by atoms with E-state index >= 15 is 0 Å². The van der Waals surface area contributed by atoms with Gasteiger partial charge in [0.1, 0.15) is 5.75 Å². The van der Waals surface area contributed by atoms with Gasteiger partial charge in [0.2, 0.25) is 0 Å². The van der Waals surface area contributed by atoms with Gasteiger partial charge in [0.15, 0.2) is 0 Å². The zero-order chi connectivity index (χ0) is 27.7. The monoisotopic (exact) mass is 546 g/mol. The van der Waals surface area contributed by atoms with Gasteiger partial charge in [0, 0.05) is 51.6 Å². The van der Waals surface area contributed by atoms with Gasteiger partial charge in [-0.1, -0.05) is 0 Å². The molecule has 0 saturated carbocycles. The fourth-order valence-corrected chi connectivity index (χ4v) is 4.13. The predicted octanol–water partition coefficient (Wildman–Crippen LogP) is 3.24. The molecular weight excluding hydrogens is 518 g/mol. The summed E-state index contributed by atoms with van der Waals surface area (Å²) < 4.78 is 81.0. The van der Waals surface area contributed by atoms with E-state index < -0.39 is 24.3 Å². The summed E-state index contributed by atoms with van der Waals surface area (Å²) in [6, 6.07) is 3.88. The number of rotatable bonds is 5. The Bertz CT molecular complexity index is 833. The van der Waals surface area contributed by atoms with E-state index in [1.165, 1.54) is 19.4 Å². The number of alkyl halides is 6. The van der Waals surface area contributed by atoms with Crippen molar-refractivity contribution in [1.29, 1.82) is 0 Å². The molecule has 1 atom stereocenters. The van der Waals surface area contributed by atoms with Crippen LogP contribution in [-0.4, -0.2) is 96.1 Å². The van der Waals surface area contributed by atoms with Gasteiger partial charge in [-0.15, -0.1) is 0 Å². The fourth-order valence-electron chi connectivity index (χ4n) is 4.13. The second kappa shape index (κ2) is 13.2. The molecule has 0 aliphatic carbocycles. The van der Waals surface area contributed by atoms with E-state index in [1.807, 2.05) is 12.1 Å². The summed E-state index contributed by atoms with van der Waals surface area (Å²) in [6.45, 7) is 6.79. The Labute approximate surface area is 208 Å². The van der Waals surface area contributed by atoms with E-state index in [2.05, 4.69) is 9.88 Å². The molecule has 37 heavy (non-hydrogen) atoms. The number of hydrogen-bond acceptors (Lipinski definition) is 7. The maximum Gasteiger partial charge on any atom is 0.490 e.